The van der Waals surface area contributed by atoms with E-state index in [1.807, 2.05) is 0 Å². The molecule has 1 heterocycles. The summed E-state index contributed by atoms with van der Waals surface area (Å²) in [6.07, 6.45) is 4.40. The van der Waals surface area contributed by atoms with E-state index in [1.165, 1.54) is 6.33 Å². The fourth-order valence-corrected chi connectivity index (χ4v) is 6.86. The van der Waals surface area contributed by atoms with Gasteiger partial charge in [-0.05, 0) is 57.9 Å². The van der Waals surface area contributed by atoms with Crippen LogP contribution < -0.4 is 14.8 Å². The van der Waals surface area contributed by atoms with E-state index in [1.54, 1.807) is 71.4 Å². The van der Waals surface area contributed by atoms with E-state index < -0.39 is 21.4 Å². The lowest BCUT2D eigenvalue weighted by molar-refractivity contribution is 0.0636. The van der Waals surface area contributed by atoms with E-state index in [9.17, 15) is 9.00 Å². The van der Waals surface area contributed by atoms with Crippen molar-refractivity contribution in [3.63, 3.8) is 0 Å². The molecule has 1 amide bonds. The number of carbonyl (C=O) groups excluding carboxylic acids is 1. The lowest BCUT2D eigenvalue weighted by Crippen LogP contribution is -2.27. The first kappa shape index (κ1) is 25.7. The molecule has 10 heteroatoms. The van der Waals surface area contributed by atoms with Gasteiger partial charge in [-0.15, -0.1) is 0 Å². The molecule has 1 N–H and O–H groups in total. The van der Waals surface area contributed by atoms with Gasteiger partial charge >= 0.3 is 6.09 Å². The van der Waals surface area contributed by atoms with E-state index in [0.29, 0.717) is 38.8 Å². The van der Waals surface area contributed by atoms with Crippen molar-refractivity contribution in [3.05, 3.63) is 42.7 Å². The molecule has 36 heavy (non-hydrogen) atoms. The predicted octanol–water partition coefficient (Wildman–Crippen LogP) is 6.10. The van der Waals surface area contributed by atoms with Crippen LogP contribution >= 0.6 is 0 Å². The summed E-state index contributed by atoms with van der Waals surface area (Å²) in [7, 11) is 0.159. The second-order valence-corrected chi connectivity index (χ2v) is 12.1. The van der Waals surface area contributed by atoms with Crippen LogP contribution in [-0.2, 0) is 14.5 Å². The topological polar surface area (TPSA) is 112 Å². The average Bonchev–Trinajstić information content (AvgIpc) is 3.38. The summed E-state index contributed by atoms with van der Waals surface area (Å²) in [5.74, 6) is 1.36. The molecule has 0 aliphatic heterocycles. The summed E-state index contributed by atoms with van der Waals surface area (Å²) in [5.41, 5.74) is 0.461. The zero-order valence-electron chi connectivity index (χ0n) is 21.2. The van der Waals surface area contributed by atoms with Crippen molar-refractivity contribution in [2.75, 3.05) is 19.5 Å². The number of hydrogen-bond donors (Lipinski definition) is 1. The molecule has 1 saturated carbocycles. The number of ether oxygens (including phenoxy) is 3. The van der Waals surface area contributed by atoms with Crippen molar-refractivity contribution >= 4 is 38.2 Å². The van der Waals surface area contributed by atoms with Gasteiger partial charge in [0, 0.05) is 22.4 Å². The number of nitrogens with one attached hydrogen (secondary N) is 1. The van der Waals surface area contributed by atoms with E-state index in [4.69, 9.17) is 18.6 Å². The maximum absolute atomic E-state index is 14.7. The van der Waals surface area contributed by atoms with E-state index >= 15 is 0 Å². The third-order valence-electron chi connectivity index (χ3n) is 5.91. The minimum Gasteiger partial charge on any atom is -0.493 e. The molecule has 2 aromatic carbocycles. The molecule has 0 bridgehead atoms. The fraction of sp³-hybridized carbons (Fsp3) is 0.423. The first-order valence-corrected chi connectivity index (χ1v) is 13.4. The molecule has 0 spiro atoms. The molecular formula is C26H32N4O5S. The summed E-state index contributed by atoms with van der Waals surface area (Å²) in [6.45, 7) is 5.39. The molecule has 3 aromatic rings. The number of carbonyl (C=O) groups is 1. The highest BCUT2D eigenvalue weighted by molar-refractivity contribution is 7.94. The summed E-state index contributed by atoms with van der Waals surface area (Å²) >= 11 is 0. The van der Waals surface area contributed by atoms with Gasteiger partial charge in [-0.1, -0.05) is 18.9 Å². The van der Waals surface area contributed by atoms with Gasteiger partial charge in [0.15, 0.2) is 17.3 Å². The second kappa shape index (κ2) is 10.3. The maximum atomic E-state index is 14.7. The molecule has 9 nitrogen and oxygen atoms in total. The number of amides is 1. The Labute approximate surface area is 211 Å². The zero-order chi connectivity index (χ0) is 25.9. The highest BCUT2D eigenvalue weighted by Gasteiger charge is 2.30. The Kier molecular flexibility index (Phi) is 7.35. The SMILES string of the molecule is COc1cc2ncnc(N=S(=O)(c3cccc(NC(=O)OC(C)(C)C)c3)C3CCCC3)c2cc1OC. The molecule has 0 saturated heterocycles. The molecule has 1 atom stereocenters. The van der Waals surface area contributed by atoms with Crippen molar-refractivity contribution in [3.8, 4) is 11.5 Å². The van der Waals surface area contributed by atoms with E-state index in [-0.39, 0.29) is 5.25 Å². The standard InChI is InChI=1S/C26H32N4O5S/c1-26(2,3)35-25(31)29-17-9-8-12-19(13-17)36(32,18-10-6-7-11-18)30-24-20-14-22(33-4)23(34-5)15-21(20)27-16-28-24/h8-9,12-16,18H,6-7,10-11H2,1-5H3,(H,29,31). The molecule has 192 valence electrons. The van der Waals surface area contributed by atoms with Crippen LogP contribution in [0.25, 0.3) is 10.9 Å². The average molecular weight is 513 g/mol. The number of benzene rings is 2. The number of fused-ring (bicyclic) bond motifs is 1. The Morgan fingerprint density at radius 1 is 1.06 bits per heavy atom. The quantitative estimate of drug-likeness (QED) is 0.425. The van der Waals surface area contributed by atoms with Gasteiger partial charge in [0.2, 0.25) is 0 Å². The van der Waals surface area contributed by atoms with Gasteiger partial charge in [0.1, 0.15) is 11.9 Å². The Balaban J connectivity index is 1.83. The van der Waals surface area contributed by atoms with Crippen LogP contribution in [-0.4, -0.2) is 45.3 Å². The molecular weight excluding hydrogens is 480 g/mol. The Morgan fingerprint density at radius 3 is 2.42 bits per heavy atom. The van der Waals surface area contributed by atoms with Crippen LogP contribution in [0.3, 0.4) is 0 Å². The van der Waals surface area contributed by atoms with Crippen LogP contribution in [0.15, 0.2) is 52.0 Å². The molecule has 1 aliphatic carbocycles. The largest absolute Gasteiger partial charge is 0.493 e. The number of anilines is 1. The fourth-order valence-electron chi connectivity index (χ4n) is 4.28. The predicted molar refractivity (Wildman–Crippen MR) is 140 cm³/mol. The Bertz CT molecular complexity index is 1390. The highest BCUT2D eigenvalue weighted by atomic mass is 32.2. The smallest absolute Gasteiger partial charge is 0.412 e. The molecule has 4 rings (SSSR count). The van der Waals surface area contributed by atoms with Gasteiger partial charge in [-0.2, -0.15) is 4.36 Å². The van der Waals surface area contributed by atoms with Crippen molar-refractivity contribution in [2.45, 2.75) is 62.2 Å². The van der Waals surface area contributed by atoms with E-state index in [0.717, 1.165) is 25.7 Å². The van der Waals surface area contributed by atoms with Crippen molar-refractivity contribution < 1.29 is 23.2 Å². The summed E-state index contributed by atoms with van der Waals surface area (Å²) in [4.78, 5) is 21.6. The van der Waals surface area contributed by atoms with Crippen molar-refractivity contribution in [1.29, 1.82) is 0 Å². The van der Waals surface area contributed by atoms with Crippen LogP contribution in [0.5, 0.6) is 11.5 Å². The second-order valence-electron chi connectivity index (χ2n) is 9.64. The van der Waals surface area contributed by atoms with Crippen LogP contribution in [0.1, 0.15) is 46.5 Å². The lowest BCUT2D eigenvalue weighted by Gasteiger charge is -2.21. The van der Waals surface area contributed by atoms with Gasteiger partial charge in [-0.25, -0.2) is 19.0 Å². The highest BCUT2D eigenvalue weighted by Crippen LogP contribution is 2.38. The monoisotopic (exact) mass is 512 g/mol. The number of rotatable bonds is 6. The van der Waals surface area contributed by atoms with Crippen LogP contribution in [0.2, 0.25) is 0 Å². The van der Waals surface area contributed by atoms with Gasteiger partial charge < -0.3 is 14.2 Å². The molecule has 1 unspecified atom stereocenters. The first-order valence-electron chi connectivity index (χ1n) is 11.9. The van der Waals surface area contributed by atoms with Crippen LogP contribution in [0, 0.1) is 0 Å². The van der Waals surface area contributed by atoms with E-state index in [2.05, 4.69) is 15.3 Å². The molecule has 1 fully saturated rings. The van der Waals surface area contributed by atoms with Gasteiger partial charge in [0.05, 0.1) is 34.4 Å². The number of methoxy groups -OCH3 is 2. The van der Waals surface area contributed by atoms with Gasteiger partial charge in [-0.3, -0.25) is 5.32 Å². The third-order valence-corrected chi connectivity index (χ3v) is 8.66. The summed E-state index contributed by atoms with van der Waals surface area (Å²) in [5, 5.41) is 3.21. The number of hydrogen-bond acceptors (Lipinski definition) is 8. The first-order chi connectivity index (χ1) is 17.1. The molecule has 0 radical (unpaired) electrons. The Hall–Kier alpha value is -3.40. The molecule has 1 aromatic heterocycles. The van der Waals surface area contributed by atoms with Crippen molar-refractivity contribution in [2.24, 2.45) is 4.36 Å². The number of aromatic nitrogens is 2. The summed E-state index contributed by atoms with van der Waals surface area (Å²) in [6, 6.07) is 10.5. The zero-order valence-corrected chi connectivity index (χ0v) is 22.1. The Morgan fingerprint density at radius 2 is 1.75 bits per heavy atom. The third kappa shape index (κ3) is 5.53. The lowest BCUT2D eigenvalue weighted by atomic mass is 10.2. The minimum absolute atomic E-state index is 0.139. The summed E-state index contributed by atoms with van der Waals surface area (Å²) < 4.78 is 35.8. The minimum atomic E-state index is -2.95. The van der Waals surface area contributed by atoms with Gasteiger partial charge in [0.25, 0.3) is 0 Å². The molecule has 1 aliphatic rings. The maximum Gasteiger partial charge on any atom is 0.412 e. The van der Waals surface area contributed by atoms with Crippen LogP contribution in [0.4, 0.5) is 16.3 Å². The number of nitrogens with zero attached hydrogens (tertiary/aromatic N) is 3. The van der Waals surface area contributed by atoms with Crippen molar-refractivity contribution in [1.82, 2.24) is 9.97 Å². The normalized spacial score (nSPS) is 15.8.